The summed E-state index contributed by atoms with van der Waals surface area (Å²) in [5, 5.41) is 8.15. The van der Waals surface area contributed by atoms with E-state index in [1.165, 1.54) is 0 Å². The van der Waals surface area contributed by atoms with Gasteiger partial charge in [0.05, 0.1) is 5.88 Å². The van der Waals surface area contributed by atoms with E-state index in [1.807, 2.05) is 11.5 Å². The molecule has 0 aliphatic heterocycles. The van der Waals surface area contributed by atoms with Crippen LogP contribution in [-0.2, 0) is 22.8 Å². The second kappa shape index (κ2) is 4.94. The summed E-state index contributed by atoms with van der Waals surface area (Å²) >= 11 is 5.82. The Morgan fingerprint density at radius 2 is 1.87 bits per heavy atom. The van der Waals surface area contributed by atoms with Crippen LogP contribution in [0, 0.1) is 0 Å². The van der Waals surface area contributed by atoms with Gasteiger partial charge in [-0.2, -0.15) is 0 Å². The molecule has 1 aromatic heterocycles. The van der Waals surface area contributed by atoms with E-state index in [0.717, 1.165) is 11.6 Å². The van der Waals surface area contributed by atoms with Crippen LogP contribution in [0.25, 0.3) is 0 Å². The molecule has 1 aromatic rings. The normalized spacial score (nSPS) is 12.1. The van der Waals surface area contributed by atoms with Gasteiger partial charge in [-0.15, -0.1) is 21.8 Å². The highest BCUT2D eigenvalue weighted by atomic mass is 35.5. The number of nitrogens with zero attached hydrogens (tertiary/aromatic N) is 3. The highest BCUT2D eigenvalue weighted by molar-refractivity contribution is 6.16. The first-order valence-corrected chi connectivity index (χ1v) is 5.61. The molecule has 0 radical (unpaired) electrons. The Bertz CT molecular complexity index is 317. The van der Waals surface area contributed by atoms with Crippen LogP contribution >= 0.6 is 11.6 Å². The van der Waals surface area contributed by atoms with Crippen LogP contribution in [0.2, 0.25) is 0 Å². The lowest BCUT2D eigenvalue weighted by molar-refractivity contribution is 0.121. The third-order valence-electron chi connectivity index (χ3n) is 2.02. The fourth-order valence-electron chi connectivity index (χ4n) is 1.50. The van der Waals surface area contributed by atoms with Gasteiger partial charge in [-0.1, -0.05) is 0 Å². The summed E-state index contributed by atoms with van der Waals surface area (Å²) < 4.78 is 7.38. The maximum atomic E-state index is 5.82. The van der Waals surface area contributed by atoms with Crippen LogP contribution in [-0.4, -0.2) is 21.4 Å². The molecule has 15 heavy (non-hydrogen) atoms. The number of hydrogen-bond acceptors (Lipinski definition) is 3. The molecule has 0 saturated heterocycles. The minimum absolute atomic E-state index is 0.0693. The van der Waals surface area contributed by atoms with Crippen molar-refractivity contribution in [2.75, 3.05) is 6.61 Å². The summed E-state index contributed by atoms with van der Waals surface area (Å²) in [5.41, 5.74) is -0.0693. The van der Waals surface area contributed by atoms with Gasteiger partial charge in [-0.3, -0.25) is 0 Å². The molecular formula is C10H18ClN3O. The Balaban J connectivity index is 3.01. The molecular weight excluding hydrogens is 214 g/mol. The molecule has 1 rings (SSSR count). The van der Waals surface area contributed by atoms with Crippen molar-refractivity contribution in [1.82, 2.24) is 14.8 Å². The van der Waals surface area contributed by atoms with E-state index in [-0.39, 0.29) is 5.54 Å². The van der Waals surface area contributed by atoms with Crippen LogP contribution in [0.1, 0.15) is 39.3 Å². The second-order valence-electron chi connectivity index (χ2n) is 4.31. The molecule has 0 amide bonds. The lowest BCUT2D eigenvalue weighted by atomic mass is 10.1. The van der Waals surface area contributed by atoms with Gasteiger partial charge in [0.2, 0.25) is 0 Å². The molecule has 0 aromatic carbocycles. The van der Waals surface area contributed by atoms with E-state index in [0.29, 0.717) is 19.1 Å². The monoisotopic (exact) mass is 231 g/mol. The summed E-state index contributed by atoms with van der Waals surface area (Å²) in [6.45, 7) is 9.41. The van der Waals surface area contributed by atoms with Crippen molar-refractivity contribution >= 4 is 11.6 Å². The van der Waals surface area contributed by atoms with Crippen molar-refractivity contribution in [3.63, 3.8) is 0 Å². The summed E-state index contributed by atoms with van der Waals surface area (Å²) in [5.74, 6) is 2.00. The van der Waals surface area contributed by atoms with Gasteiger partial charge in [0, 0.05) is 12.1 Å². The molecule has 0 unspecified atom stereocenters. The maximum absolute atomic E-state index is 5.82. The van der Waals surface area contributed by atoms with Crippen LogP contribution in [0.5, 0.6) is 0 Å². The third kappa shape index (κ3) is 2.92. The molecule has 86 valence electrons. The third-order valence-corrected chi connectivity index (χ3v) is 2.26. The zero-order valence-corrected chi connectivity index (χ0v) is 10.5. The highest BCUT2D eigenvalue weighted by Gasteiger charge is 2.22. The summed E-state index contributed by atoms with van der Waals surface area (Å²) in [6.07, 6.45) is 0. The van der Waals surface area contributed by atoms with Gasteiger partial charge in [0.1, 0.15) is 12.4 Å². The standard InChI is InChI=1S/C10H18ClN3O/c1-5-15-7-9-13-12-8(6-11)14(9)10(2,3)4/h5-7H2,1-4H3. The Kier molecular flexibility index (Phi) is 4.11. The summed E-state index contributed by atoms with van der Waals surface area (Å²) in [6, 6.07) is 0. The van der Waals surface area contributed by atoms with Gasteiger partial charge in [0.25, 0.3) is 0 Å². The van der Waals surface area contributed by atoms with E-state index in [2.05, 4.69) is 31.0 Å². The minimum atomic E-state index is -0.0693. The SMILES string of the molecule is CCOCc1nnc(CCl)n1C(C)(C)C. The smallest absolute Gasteiger partial charge is 0.159 e. The number of alkyl halides is 1. The van der Waals surface area contributed by atoms with Crippen molar-refractivity contribution < 1.29 is 4.74 Å². The molecule has 0 aliphatic rings. The van der Waals surface area contributed by atoms with Crippen LogP contribution < -0.4 is 0 Å². The fraction of sp³-hybridized carbons (Fsp3) is 0.800. The van der Waals surface area contributed by atoms with E-state index in [4.69, 9.17) is 16.3 Å². The van der Waals surface area contributed by atoms with Crippen LogP contribution in [0.15, 0.2) is 0 Å². The number of rotatable bonds is 4. The zero-order chi connectivity index (χ0) is 11.5. The number of ether oxygens (including phenoxy) is 1. The van der Waals surface area contributed by atoms with Gasteiger partial charge in [-0.25, -0.2) is 0 Å². The van der Waals surface area contributed by atoms with Crippen LogP contribution in [0.3, 0.4) is 0 Å². The fourth-order valence-corrected chi connectivity index (χ4v) is 1.67. The molecule has 0 fully saturated rings. The predicted molar refractivity (Wildman–Crippen MR) is 59.9 cm³/mol. The van der Waals surface area contributed by atoms with Crippen molar-refractivity contribution in [3.8, 4) is 0 Å². The highest BCUT2D eigenvalue weighted by Crippen LogP contribution is 2.20. The first kappa shape index (κ1) is 12.5. The van der Waals surface area contributed by atoms with Crippen molar-refractivity contribution in [1.29, 1.82) is 0 Å². The predicted octanol–water partition coefficient (Wildman–Crippen LogP) is 2.31. The Morgan fingerprint density at radius 1 is 1.27 bits per heavy atom. The average molecular weight is 232 g/mol. The Hall–Kier alpha value is -0.610. The van der Waals surface area contributed by atoms with E-state index < -0.39 is 0 Å². The van der Waals surface area contributed by atoms with E-state index in [9.17, 15) is 0 Å². The Morgan fingerprint density at radius 3 is 2.33 bits per heavy atom. The minimum Gasteiger partial charge on any atom is -0.374 e. The first-order valence-electron chi connectivity index (χ1n) is 5.08. The summed E-state index contributed by atoms with van der Waals surface area (Å²) in [4.78, 5) is 0. The van der Waals surface area contributed by atoms with Crippen LogP contribution in [0.4, 0.5) is 0 Å². The molecule has 5 heteroatoms. The number of aromatic nitrogens is 3. The Labute approximate surface area is 95.6 Å². The molecule has 0 bridgehead atoms. The average Bonchev–Trinajstić information content (AvgIpc) is 2.56. The topological polar surface area (TPSA) is 39.9 Å². The lowest BCUT2D eigenvalue weighted by Gasteiger charge is -2.24. The number of halogens is 1. The van der Waals surface area contributed by atoms with Gasteiger partial charge >= 0.3 is 0 Å². The molecule has 0 aliphatic carbocycles. The molecule has 1 heterocycles. The van der Waals surface area contributed by atoms with Crippen molar-refractivity contribution in [2.45, 2.75) is 45.7 Å². The van der Waals surface area contributed by atoms with Crippen molar-refractivity contribution in [3.05, 3.63) is 11.6 Å². The zero-order valence-electron chi connectivity index (χ0n) is 9.75. The molecule has 4 nitrogen and oxygen atoms in total. The quantitative estimate of drug-likeness (QED) is 0.747. The van der Waals surface area contributed by atoms with Crippen molar-refractivity contribution in [2.24, 2.45) is 0 Å². The first-order chi connectivity index (χ1) is 7.00. The van der Waals surface area contributed by atoms with Gasteiger partial charge in [-0.05, 0) is 27.7 Å². The lowest BCUT2D eigenvalue weighted by Crippen LogP contribution is -2.26. The maximum Gasteiger partial charge on any atom is 0.159 e. The number of hydrogen-bond donors (Lipinski definition) is 0. The molecule has 0 spiro atoms. The van der Waals surface area contributed by atoms with Gasteiger partial charge < -0.3 is 9.30 Å². The largest absolute Gasteiger partial charge is 0.374 e. The summed E-state index contributed by atoms with van der Waals surface area (Å²) in [7, 11) is 0. The van der Waals surface area contributed by atoms with Gasteiger partial charge in [0.15, 0.2) is 5.82 Å². The molecule has 0 atom stereocenters. The second-order valence-corrected chi connectivity index (χ2v) is 4.58. The van der Waals surface area contributed by atoms with E-state index >= 15 is 0 Å². The molecule has 0 saturated carbocycles. The van der Waals surface area contributed by atoms with E-state index in [1.54, 1.807) is 0 Å². The molecule has 0 N–H and O–H groups in total.